The largest absolute Gasteiger partial charge is 0.478 e. The number of carboxylic acid groups (broad SMARTS) is 1. The molecule has 0 radical (unpaired) electrons. The number of nitrogens with one attached hydrogen (secondary N) is 3. The molecule has 0 saturated heterocycles. The maximum absolute atomic E-state index is 12.9. The molecule has 0 unspecified atom stereocenters. The van der Waals surface area contributed by atoms with Gasteiger partial charge in [-0.05, 0) is 48.4 Å². The molecule has 3 aromatic rings. The van der Waals surface area contributed by atoms with Crippen molar-refractivity contribution < 1.29 is 23.1 Å². The monoisotopic (exact) mass is 401 g/mol. The minimum absolute atomic E-state index is 0.0740. The summed E-state index contributed by atoms with van der Waals surface area (Å²) in [5.41, 5.74) is 1.76. The number of hydrogen-bond donors (Lipinski definition) is 4. The van der Waals surface area contributed by atoms with Crippen LogP contribution in [0.3, 0.4) is 0 Å². The SMILES string of the molecule is CCc1ccc(C(=O)O)cc1S(=O)(=O)Nc1ccc2[nH]c(C(=O)NC)cc2c1. The van der Waals surface area contributed by atoms with E-state index in [0.717, 1.165) is 6.07 Å². The first kappa shape index (κ1) is 19.4. The number of sulfonamides is 1. The molecule has 0 aliphatic heterocycles. The highest BCUT2D eigenvalue weighted by molar-refractivity contribution is 7.92. The van der Waals surface area contributed by atoms with Gasteiger partial charge in [0.05, 0.1) is 10.5 Å². The van der Waals surface area contributed by atoms with E-state index in [9.17, 15) is 18.0 Å². The van der Waals surface area contributed by atoms with Crippen LogP contribution in [0.2, 0.25) is 0 Å². The van der Waals surface area contributed by atoms with E-state index < -0.39 is 16.0 Å². The predicted octanol–water partition coefficient (Wildman–Crippen LogP) is 2.59. The first-order valence-corrected chi connectivity index (χ1v) is 9.97. The number of hydrogen-bond acceptors (Lipinski definition) is 4. The predicted molar refractivity (Wildman–Crippen MR) is 105 cm³/mol. The van der Waals surface area contributed by atoms with Crippen LogP contribution in [0.15, 0.2) is 47.4 Å². The van der Waals surface area contributed by atoms with Crippen molar-refractivity contribution in [1.29, 1.82) is 0 Å². The van der Waals surface area contributed by atoms with E-state index in [1.807, 2.05) is 0 Å². The second-order valence-corrected chi connectivity index (χ2v) is 7.80. The van der Waals surface area contributed by atoms with Crippen molar-refractivity contribution in [2.75, 3.05) is 11.8 Å². The van der Waals surface area contributed by atoms with E-state index in [0.29, 0.717) is 34.3 Å². The first-order valence-electron chi connectivity index (χ1n) is 8.49. The van der Waals surface area contributed by atoms with E-state index in [1.54, 1.807) is 31.2 Å². The molecule has 0 spiro atoms. The molecule has 28 heavy (non-hydrogen) atoms. The highest BCUT2D eigenvalue weighted by Crippen LogP contribution is 2.25. The van der Waals surface area contributed by atoms with Gasteiger partial charge in [0.25, 0.3) is 15.9 Å². The Morgan fingerprint density at radius 2 is 1.86 bits per heavy atom. The van der Waals surface area contributed by atoms with Crippen molar-refractivity contribution in [2.45, 2.75) is 18.2 Å². The van der Waals surface area contributed by atoms with Gasteiger partial charge in [-0.25, -0.2) is 13.2 Å². The number of carbonyl (C=O) groups excluding carboxylic acids is 1. The van der Waals surface area contributed by atoms with Crippen molar-refractivity contribution in [3.63, 3.8) is 0 Å². The fourth-order valence-electron chi connectivity index (χ4n) is 2.89. The van der Waals surface area contributed by atoms with Crippen LogP contribution in [0.25, 0.3) is 10.9 Å². The minimum Gasteiger partial charge on any atom is -0.478 e. The standard InChI is InChI=1S/C19H19N3O5S/c1-3-11-4-5-12(19(24)25)10-17(11)28(26,27)22-14-6-7-15-13(8-14)9-16(21-15)18(23)20-2/h4-10,21-22H,3H2,1-2H3,(H,20,23)(H,24,25). The number of fused-ring (bicyclic) bond motifs is 1. The summed E-state index contributed by atoms with van der Waals surface area (Å²) in [5.74, 6) is -1.48. The van der Waals surface area contributed by atoms with Crippen molar-refractivity contribution >= 4 is 38.5 Å². The lowest BCUT2D eigenvalue weighted by molar-refractivity contribution is 0.0696. The van der Waals surface area contributed by atoms with Gasteiger partial charge < -0.3 is 15.4 Å². The molecule has 3 rings (SSSR count). The van der Waals surface area contributed by atoms with Crippen LogP contribution < -0.4 is 10.0 Å². The first-order chi connectivity index (χ1) is 13.2. The second kappa shape index (κ2) is 7.35. The smallest absolute Gasteiger partial charge is 0.335 e. The Morgan fingerprint density at radius 1 is 1.11 bits per heavy atom. The summed E-state index contributed by atoms with van der Waals surface area (Å²) in [6.07, 6.45) is 0.433. The molecular formula is C19H19N3O5S. The quantitative estimate of drug-likeness (QED) is 0.505. The number of aromatic carboxylic acids is 1. The number of rotatable bonds is 6. The Kier molecular flexibility index (Phi) is 5.10. The van der Waals surface area contributed by atoms with Gasteiger partial charge in [-0.2, -0.15) is 0 Å². The number of aromatic nitrogens is 1. The third-order valence-corrected chi connectivity index (χ3v) is 5.79. The summed E-state index contributed by atoms with van der Waals surface area (Å²) >= 11 is 0. The number of amides is 1. The maximum atomic E-state index is 12.9. The third kappa shape index (κ3) is 3.70. The van der Waals surface area contributed by atoms with Crippen molar-refractivity contribution in [1.82, 2.24) is 10.3 Å². The van der Waals surface area contributed by atoms with Gasteiger partial charge >= 0.3 is 5.97 Å². The lowest BCUT2D eigenvalue weighted by Gasteiger charge is -2.12. The van der Waals surface area contributed by atoms with Crippen LogP contribution in [0.5, 0.6) is 0 Å². The Bertz CT molecular complexity index is 1180. The zero-order valence-electron chi connectivity index (χ0n) is 15.2. The van der Waals surface area contributed by atoms with Gasteiger partial charge in [-0.3, -0.25) is 9.52 Å². The second-order valence-electron chi connectivity index (χ2n) is 6.15. The minimum atomic E-state index is -4.00. The normalized spacial score (nSPS) is 11.4. The number of H-pyrrole nitrogens is 1. The summed E-state index contributed by atoms with van der Waals surface area (Å²) in [6.45, 7) is 1.79. The van der Waals surface area contributed by atoms with Crippen molar-refractivity contribution in [3.8, 4) is 0 Å². The van der Waals surface area contributed by atoms with Gasteiger partial charge in [0.1, 0.15) is 5.69 Å². The summed E-state index contributed by atoms with van der Waals surface area (Å²) in [6, 6.07) is 10.5. The lowest BCUT2D eigenvalue weighted by atomic mass is 10.1. The van der Waals surface area contributed by atoms with E-state index >= 15 is 0 Å². The Hall–Kier alpha value is -3.33. The highest BCUT2D eigenvalue weighted by Gasteiger charge is 2.20. The zero-order chi connectivity index (χ0) is 20.5. The fourth-order valence-corrected chi connectivity index (χ4v) is 4.28. The molecular weight excluding hydrogens is 382 g/mol. The lowest BCUT2D eigenvalue weighted by Crippen LogP contribution is -2.17. The molecule has 1 amide bonds. The summed E-state index contributed by atoms with van der Waals surface area (Å²) < 4.78 is 28.2. The molecule has 0 saturated carbocycles. The van der Waals surface area contributed by atoms with E-state index in [-0.39, 0.29) is 16.4 Å². The van der Waals surface area contributed by atoms with Crippen LogP contribution in [-0.4, -0.2) is 37.4 Å². The molecule has 1 aromatic heterocycles. The van der Waals surface area contributed by atoms with E-state index in [4.69, 9.17) is 5.11 Å². The van der Waals surface area contributed by atoms with Gasteiger partial charge in [0.2, 0.25) is 0 Å². The molecule has 146 valence electrons. The number of anilines is 1. The zero-order valence-corrected chi connectivity index (χ0v) is 16.1. The molecule has 0 aliphatic rings. The van der Waals surface area contributed by atoms with Gasteiger partial charge in [0.15, 0.2) is 0 Å². The number of aromatic amines is 1. The van der Waals surface area contributed by atoms with E-state index in [1.165, 1.54) is 19.2 Å². The summed E-state index contributed by atoms with van der Waals surface area (Å²) in [5, 5.41) is 12.3. The third-order valence-electron chi connectivity index (χ3n) is 4.33. The van der Waals surface area contributed by atoms with Gasteiger partial charge in [0, 0.05) is 23.6 Å². The Labute approximate surface area is 161 Å². The molecule has 4 N–H and O–H groups in total. The number of carboxylic acids is 1. The molecule has 0 fully saturated rings. The molecule has 0 aliphatic carbocycles. The average Bonchev–Trinajstić information content (AvgIpc) is 3.09. The Morgan fingerprint density at radius 3 is 2.50 bits per heavy atom. The van der Waals surface area contributed by atoms with Crippen LogP contribution in [0.1, 0.15) is 33.3 Å². The van der Waals surface area contributed by atoms with Crippen LogP contribution in [-0.2, 0) is 16.4 Å². The van der Waals surface area contributed by atoms with Crippen molar-refractivity contribution in [2.24, 2.45) is 0 Å². The topological polar surface area (TPSA) is 128 Å². The maximum Gasteiger partial charge on any atom is 0.335 e. The molecule has 0 atom stereocenters. The van der Waals surface area contributed by atoms with Crippen LogP contribution >= 0.6 is 0 Å². The Balaban J connectivity index is 1.99. The highest BCUT2D eigenvalue weighted by atomic mass is 32.2. The summed E-state index contributed by atoms with van der Waals surface area (Å²) in [4.78, 5) is 25.8. The van der Waals surface area contributed by atoms with Gasteiger partial charge in [-0.15, -0.1) is 0 Å². The molecule has 2 aromatic carbocycles. The van der Waals surface area contributed by atoms with Crippen molar-refractivity contribution in [3.05, 3.63) is 59.3 Å². The summed E-state index contributed by atoms with van der Waals surface area (Å²) in [7, 11) is -2.48. The molecule has 8 nitrogen and oxygen atoms in total. The molecule has 0 bridgehead atoms. The van der Waals surface area contributed by atoms with Gasteiger partial charge in [-0.1, -0.05) is 13.0 Å². The van der Waals surface area contributed by atoms with E-state index in [2.05, 4.69) is 15.0 Å². The molecule has 1 heterocycles. The fraction of sp³-hybridized carbons (Fsp3) is 0.158. The average molecular weight is 401 g/mol. The number of benzene rings is 2. The number of aryl methyl sites for hydroxylation is 1. The number of carbonyl (C=O) groups is 2. The van der Waals surface area contributed by atoms with Crippen LogP contribution in [0, 0.1) is 0 Å². The van der Waals surface area contributed by atoms with Crippen LogP contribution in [0.4, 0.5) is 5.69 Å². The molecule has 9 heteroatoms.